The van der Waals surface area contributed by atoms with Crippen LogP contribution >= 0.6 is 0 Å². The van der Waals surface area contributed by atoms with Gasteiger partial charge in [-0.25, -0.2) is 4.98 Å². The van der Waals surface area contributed by atoms with Gasteiger partial charge >= 0.3 is 0 Å². The number of imidazole rings is 1. The van der Waals surface area contributed by atoms with Gasteiger partial charge in [-0.2, -0.15) is 0 Å². The van der Waals surface area contributed by atoms with E-state index in [1.165, 1.54) is 16.8 Å². The maximum atomic E-state index is 9.33. The van der Waals surface area contributed by atoms with Crippen LogP contribution in [0.4, 0.5) is 0 Å². The average Bonchev–Trinajstić information content (AvgIpc) is 2.81. The van der Waals surface area contributed by atoms with Crippen LogP contribution in [-0.2, 0) is 13.0 Å². The van der Waals surface area contributed by atoms with Crippen molar-refractivity contribution in [3.05, 3.63) is 41.7 Å². The number of benzene rings is 1. The second kappa shape index (κ2) is 4.58. The molecule has 3 rings (SSSR count). The minimum atomic E-state index is 0.269. The number of aryl methyl sites for hydroxylation is 2. The summed E-state index contributed by atoms with van der Waals surface area (Å²) < 4.78 is 2.26. The summed E-state index contributed by atoms with van der Waals surface area (Å²) in [5.41, 5.74) is 3.70. The van der Waals surface area contributed by atoms with E-state index in [0.29, 0.717) is 5.92 Å². The summed E-state index contributed by atoms with van der Waals surface area (Å²) >= 11 is 0. The molecule has 2 aromatic rings. The molecule has 1 N–H and O–H groups in total. The topological polar surface area (TPSA) is 38.0 Å². The van der Waals surface area contributed by atoms with Gasteiger partial charge in [-0.1, -0.05) is 23.8 Å². The lowest BCUT2D eigenvalue weighted by atomic mass is 9.99. The van der Waals surface area contributed by atoms with Crippen LogP contribution in [0.5, 0.6) is 0 Å². The molecule has 0 fully saturated rings. The molecule has 18 heavy (non-hydrogen) atoms. The first-order valence-electron chi connectivity index (χ1n) is 6.50. The van der Waals surface area contributed by atoms with Crippen molar-refractivity contribution < 1.29 is 5.11 Å². The Balaban J connectivity index is 2.02. The smallest absolute Gasteiger partial charge is 0.140 e. The van der Waals surface area contributed by atoms with E-state index in [0.717, 1.165) is 25.2 Å². The van der Waals surface area contributed by atoms with Gasteiger partial charge in [-0.05, 0) is 25.8 Å². The fourth-order valence-corrected chi connectivity index (χ4v) is 2.68. The lowest BCUT2D eigenvalue weighted by Gasteiger charge is -2.23. The highest BCUT2D eigenvalue weighted by Gasteiger charge is 2.21. The number of hydrogen-bond donors (Lipinski definition) is 1. The molecule has 0 aliphatic carbocycles. The van der Waals surface area contributed by atoms with E-state index in [1.807, 2.05) is 6.20 Å². The van der Waals surface area contributed by atoms with Crippen molar-refractivity contribution in [3.8, 4) is 11.4 Å². The molecule has 1 aliphatic heterocycles. The summed E-state index contributed by atoms with van der Waals surface area (Å²) in [4.78, 5) is 4.56. The van der Waals surface area contributed by atoms with Crippen molar-refractivity contribution >= 4 is 0 Å². The Morgan fingerprint density at radius 3 is 3.11 bits per heavy atom. The fourth-order valence-electron chi connectivity index (χ4n) is 2.68. The molecule has 0 radical (unpaired) electrons. The van der Waals surface area contributed by atoms with E-state index >= 15 is 0 Å². The van der Waals surface area contributed by atoms with Crippen LogP contribution in [0.15, 0.2) is 30.5 Å². The fraction of sp³-hybridized carbons (Fsp3) is 0.400. The standard InChI is InChI=1S/C15H18N2O/c1-11-3-2-4-13(7-11)15-16-8-14-6-5-12(10-18)9-17(14)15/h2-4,7-8,12,18H,5-6,9-10H2,1H3. The van der Waals surface area contributed by atoms with Crippen molar-refractivity contribution in [2.45, 2.75) is 26.3 Å². The molecule has 3 nitrogen and oxygen atoms in total. The molecule has 1 aromatic carbocycles. The summed E-state index contributed by atoms with van der Waals surface area (Å²) in [7, 11) is 0. The van der Waals surface area contributed by atoms with E-state index in [9.17, 15) is 5.11 Å². The zero-order valence-electron chi connectivity index (χ0n) is 10.6. The SMILES string of the molecule is Cc1cccc(-c2ncc3n2CC(CO)CC3)c1. The highest BCUT2D eigenvalue weighted by molar-refractivity contribution is 5.57. The van der Waals surface area contributed by atoms with Crippen LogP contribution in [0.2, 0.25) is 0 Å². The Hall–Kier alpha value is -1.61. The third-order valence-electron chi connectivity index (χ3n) is 3.72. The molecule has 0 spiro atoms. The number of hydrogen-bond acceptors (Lipinski definition) is 2. The van der Waals surface area contributed by atoms with Gasteiger partial charge in [0.1, 0.15) is 5.82 Å². The molecular weight excluding hydrogens is 224 g/mol. The maximum absolute atomic E-state index is 9.33. The second-order valence-electron chi connectivity index (χ2n) is 5.14. The van der Waals surface area contributed by atoms with Crippen molar-refractivity contribution in [1.82, 2.24) is 9.55 Å². The van der Waals surface area contributed by atoms with Crippen LogP contribution in [0.1, 0.15) is 17.7 Å². The quantitative estimate of drug-likeness (QED) is 0.878. The number of aromatic nitrogens is 2. The summed E-state index contributed by atoms with van der Waals surface area (Å²) in [5.74, 6) is 1.40. The van der Waals surface area contributed by atoms with Crippen LogP contribution in [-0.4, -0.2) is 21.3 Å². The van der Waals surface area contributed by atoms with Crippen LogP contribution in [0, 0.1) is 12.8 Å². The molecule has 3 heteroatoms. The van der Waals surface area contributed by atoms with Gasteiger partial charge in [-0.3, -0.25) is 0 Å². The highest BCUT2D eigenvalue weighted by Crippen LogP contribution is 2.27. The van der Waals surface area contributed by atoms with E-state index in [4.69, 9.17) is 0 Å². The molecular formula is C15H18N2O. The van der Waals surface area contributed by atoms with Crippen molar-refractivity contribution in [2.75, 3.05) is 6.61 Å². The minimum absolute atomic E-state index is 0.269. The monoisotopic (exact) mass is 242 g/mol. The Bertz CT molecular complexity index is 559. The highest BCUT2D eigenvalue weighted by atomic mass is 16.3. The number of nitrogens with zero attached hydrogens (tertiary/aromatic N) is 2. The van der Waals surface area contributed by atoms with Gasteiger partial charge < -0.3 is 9.67 Å². The first kappa shape index (κ1) is 11.5. The molecule has 94 valence electrons. The Morgan fingerprint density at radius 1 is 1.44 bits per heavy atom. The summed E-state index contributed by atoms with van der Waals surface area (Å²) in [5, 5.41) is 9.33. The van der Waals surface area contributed by atoms with Crippen LogP contribution in [0.3, 0.4) is 0 Å². The Labute approximate surface area is 107 Å². The molecule has 1 aliphatic rings. The normalized spacial score (nSPS) is 18.7. The second-order valence-corrected chi connectivity index (χ2v) is 5.14. The van der Waals surface area contributed by atoms with Crippen molar-refractivity contribution in [1.29, 1.82) is 0 Å². The van der Waals surface area contributed by atoms with Gasteiger partial charge in [0.05, 0.1) is 0 Å². The van der Waals surface area contributed by atoms with Gasteiger partial charge in [0.25, 0.3) is 0 Å². The minimum Gasteiger partial charge on any atom is -0.396 e. The van der Waals surface area contributed by atoms with E-state index < -0.39 is 0 Å². The lowest BCUT2D eigenvalue weighted by Crippen LogP contribution is -2.23. The molecule has 2 heterocycles. The number of aliphatic hydroxyl groups excluding tert-OH is 1. The summed E-state index contributed by atoms with van der Waals surface area (Å²) in [6.07, 6.45) is 4.06. The Morgan fingerprint density at radius 2 is 2.33 bits per heavy atom. The molecule has 1 unspecified atom stereocenters. The summed E-state index contributed by atoms with van der Waals surface area (Å²) in [6, 6.07) is 8.43. The van der Waals surface area contributed by atoms with Gasteiger partial charge in [0.2, 0.25) is 0 Å². The third kappa shape index (κ3) is 1.95. The van der Waals surface area contributed by atoms with Gasteiger partial charge in [0.15, 0.2) is 0 Å². The number of rotatable bonds is 2. The van der Waals surface area contributed by atoms with Gasteiger partial charge in [0, 0.05) is 36.5 Å². The number of fused-ring (bicyclic) bond motifs is 1. The largest absolute Gasteiger partial charge is 0.396 e. The molecule has 0 amide bonds. The molecule has 1 aromatic heterocycles. The van der Waals surface area contributed by atoms with Gasteiger partial charge in [-0.15, -0.1) is 0 Å². The zero-order valence-corrected chi connectivity index (χ0v) is 10.6. The van der Waals surface area contributed by atoms with E-state index in [-0.39, 0.29) is 6.61 Å². The summed E-state index contributed by atoms with van der Waals surface area (Å²) in [6.45, 7) is 3.25. The van der Waals surface area contributed by atoms with E-state index in [2.05, 4.69) is 40.7 Å². The average molecular weight is 242 g/mol. The predicted molar refractivity (Wildman–Crippen MR) is 71.3 cm³/mol. The predicted octanol–water partition coefficient (Wildman–Crippen LogP) is 2.41. The third-order valence-corrected chi connectivity index (χ3v) is 3.72. The Kier molecular flexibility index (Phi) is 2.92. The van der Waals surface area contributed by atoms with Crippen molar-refractivity contribution in [2.24, 2.45) is 5.92 Å². The zero-order chi connectivity index (χ0) is 12.5. The first-order chi connectivity index (χ1) is 8.78. The number of aliphatic hydroxyl groups is 1. The maximum Gasteiger partial charge on any atom is 0.140 e. The van der Waals surface area contributed by atoms with E-state index in [1.54, 1.807) is 0 Å². The molecule has 0 saturated carbocycles. The van der Waals surface area contributed by atoms with Crippen LogP contribution < -0.4 is 0 Å². The molecule has 1 atom stereocenters. The first-order valence-corrected chi connectivity index (χ1v) is 6.50. The molecule has 0 saturated heterocycles. The van der Waals surface area contributed by atoms with Crippen LogP contribution in [0.25, 0.3) is 11.4 Å². The molecule has 0 bridgehead atoms. The lowest BCUT2D eigenvalue weighted by molar-refractivity contribution is 0.192. The van der Waals surface area contributed by atoms with Crippen molar-refractivity contribution in [3.63, 3.8) is 0 Å².